The first-order chi connectivity index (χ1) is 14.0. The molecule has 29 heavy (non-hydrogen) atoms. The summed E-state index contributed by atoms with van der Waals surface area (Å²) in [6.07, 6.45) is 5.08. The second-order valence-electron chi connectivity index (χ2n) is 8.71. The number of aliphatic hydroxyl groups is 1. The van der Waals surface area contributed by atoms with Crippen molar-refractivity contribution in [3.63, 3.8) is 0 Å². The molecule has 1 aliphatic heterocycles. The predicted molar refractivity (Wildman–Crippen MR) is 115 cm³/mol. The molecule has 0 aromatic heterocycles. The van der Waals surface area contributed by atoms with E-state index in [2.05, 4.69) is 42.2 Å². The first-order valence-electron chi connectivity index (χ1n) is 10.8. The Hall–Kier alpha value is -2.04. The fourth-order valence-corrected chi connectivity index (χ4v) is 5.33. The van der Waals surface area contributed by atoms with E-state index in [9.17, 15) is 5.11 Å². The molecule has 1 heterocycles. The third-order valence-corrected chi connectivity index (χ3v) is 6.93. The smallest absolute Gasteiger partial charge is 0.123 e. The van der Waals surface area contributed by atoms with Crippen molar-refractivity contribution < 1.29 is 14.6 Å². The molecular weight excluding hydrogens is 362 g/mol. The lowest BCUT2D eigenvalue weighted by Gasteiger charge is -2.53. The summed E-state index contributed by atoms with van der Waals surface area (Å²) in [4.78, 5) is 2.53. The van der Waals surface area contributed by atoms with E-state index in [1.165, 1.54) is 17.5 Å². The number of likely N-dealkylation sites (tertiary alicyclic amines) is 1. The van der Waals surface area contributed by atoms with Gasteiger partial charge >= 0.3 is 0 Å². The Morgan fingerprint density at radius 2 is 1.83 bits per heavy atom. The number of piperidine rings is 1. The Morgan fingerprint density at radius 1 is 1.03 bits per heavy atom. The topological polar surface area (TPSA) is 41.9 Å². The van der Waals surface area contributed by atoms with Gasteiger partial charge in [0.2, 0.25) is 0 Å². The normalized spacial score (nSPS) is 27.3. The molecule has 2 aromatic carbocycles. The lowest BCUT2D eigenvalue weighted by Crippen LogP contribution is -2.54. The fraction of sp³-hybridized carbons (Fsp3) is 0.520. The van der Waals surface area contributed by atoms with E-state index in [0.717, 1.165) is 55.8 Å². The molecule has 1 aliphatic carbocycles. The number of benzene rings is 2. The average molecular weight is 396 g/mol. The average Bonchev–Trinajstić information content (AvgIpc) is 2.74. The Balaban J connectivity index is 1.75. The summed E-state index contributed by atoms with van der Waals surface area (Å²) in [5.41, 5.74) is 3.13. The molecular formula is C25H33NO3. The Bertz CT molecular complexity index is 834. The van der Waals surface area contributed by atoms with E-state index in [4.69, 9.17) is 9.47 Å². The summed E-state index contributed by atoms with van der Waals surface area (Å²) in [7, 11) is 3.43. The first-order valence-corrected chi connectivity index (χ1v) is 10.8. The number of fused-ring (bicyclic) bond motifs is 1. The molecule has 3 atom stereocenters. The van der Waals surface area contributed by atoms with Gasteiger partial charge in [-0.15, -0.1) is 0 Å². The zero-order chi connectivity index (χ0) is 20.4. The van der Waals surface area contributed by atoms with E-state index in [-0.39, 0.29) is 12.0 Å². The van der Waals surface area contributed by atoms with Crippen LogP contribution in [0.25, 0.3) is 0 Å². The monoisotopic (exact) mass is 395 g/mol. The van der Waals surface area contributed by atoms with Crippen molar-refractivity contribution in [1.82, 2.24) is 4.90 Å². The highest BCUT2D eigenvalue weighted by molar-refractivity contribution is 5.43. The number of ether oxygens (including phenoxy) is 2. The maximum atomic E-state index is 11.5. The summed E-state index contributed by atoms with van der Waals surface area (Å²) in [5, 5.41) is 11.5. The van der Waals surface area contributed by atoms with Gasteiger partial charge in [0, 0.05) is 30.6 Å². The number of hydrogen-bond acceptors (Lipinski definition) is 4. The lowest BCUT2D eigenvalue weighted by atomic mass is 9.66. The molecule has 0 amide bonds. The Labute approximate surface area is 174 Å². The molecule has 4 rings (SSSR count). The van der Waals surface area contributed by atoms with E-state index in [0.29, 0.717) is 0 Å². The minimum Gasteiger partial charge on any atom is -0.497 e. The van der Waals surface area contributed by atoms with E-state index in [1.54, 1.807) is 14.2 Å². The minimum absolute atomic E-state index is 0.111. The van der Waals surface area contributed by atoms with Gasteiger partial charge < -0.3 is 14.6 Å². The summed E-state index contributed by atoms with van der Waals surface area (Å²) in [5.74, 6) is 1.91. The van der Waals surface area contributed by atoms with Crippen molar-refractivity contribution in [2.45, 2.75) is 57.2 Å². The van der Waals surface area contributed by atoms with Crippen molar-refractivity contribution in [2.24, 2.45) is 5.92 Å². The van der Waals surface area contributed by atoms with Crippen LogP contribution in [-0.4, -0.2) is 36.4 Å². The van der Waals surface area contributed by atoms with Gasteiger partial charge in [0.1, 0.15) is 11.5 Å². The van der Waals surface area contributed by atoms with Crippen molar-refractivity contribution in [2.75, 3.05) is 20.8 Å². The molecule has 4 heteroatoms. The Kier molecular flexibility index (Phi) is 5.84. The first kappa shape index (κ1) is 20.2. The molecule has 1 saturated heterocycles. The number of rotatable bonds is 5. The van der Waals surface area contributed by atoms with Crippen molar-refractivity contribution in [3.8, 4) is 11.5 Å². The standard InChI is InChI=1S/C25H33NO3/c1-18-7-9-19(10-8-18)17-26-15-14-25(27)13-5-4-6-22(25)24(26)21-16-20(28-2)11-12-23(21)29-3/h7-12,16,22,24,27H,4-6,13-15,17H2,1-3H3/t22-,24+,25-/m0/s1. The fourth-order valence-electron chi connectivity index (χ4n) is 5.33. The highest BCUT2D eigenvalue weighted by Crippen LogP contribution is 2.51. The number of aryl methyl sites for hydroxylation is 1. The van der Waals surface area contributed by atoms with Gasteiger partial charge in [0.15, 0.2) is 0 Å². The zero-order valence-electron chi connectivity index (χ0n) is 17.9. The van der Waals surface area contributed by atoms with Crippen LogP contribution < -0.4 is 9.47 Å². The van der Waals surface area contributed by atoms with E-state index < -0.39 is 5.60 Å². The van der Waals surface area contributed by atoms with Gasteiger partial charge in [-0.2, -0.15) is 0 Å². The third kappa shape index (κ3) is 4.01. The molecule has 0 unspecified atom stereocenters. The van der Waals surface area contributed by atoms with Crippen LogP contribution in [0.5, 0.6) is 11.5 Å². The maximum absolute atomic E-state index is 11.5. The molecule has 2 aliphatic rings. The SMILES string of the molecule is COc1ccc(OC)c([C@@H]2[C@@H]3CCCC[C@]3(O)CCN2Cc2ccc(C)cc2)c1. The number of hydrogen-bond donors (Lipinski definition) is 1. The zero-order valence-corrected chi connectivity index (χ0v) is 17.9. The van der Waals surface area contributed by atoms with Crippen molar-refractivity contribution in [1.29, 1.82) is 0 Å². The summed E-state index contributed by atoms with van der Waals surface area (Å²) in [6, 6.07) is 15.0. The van der Waals surface area contributed by atoms with Crippen LogP contribution in [0.4, 0.5) is 0 Å². The van der Waals surface area contributed by atoms with Crippen molar-refractivity contribution >= 4 is 0 Å². The van der Waals surface area contributed by atoms with Gasteiger partial charge in [0.25, 0.3) is 0 Å². The van der Waals surface area contributed by atoms with Gasteiger partial charge in [-0.3, -0.25) is 4.90 Å². The van der Waals surface area contributed by atoms with Gasteiger partial charge in [-0.05, 0) is 49.9 Å². The maximum Gasteiger partial charge on any atom is 0.123 e. The van der Waals surface area contributed by atoms with Crippen LogP contribution in [0, 0.1) is 12.8 Å². The lowest BCUT2D eigenvalue weighted by molar-refractivity contribution is -0.126. The molecule has 0 radical (unpaired) electrons. The third-order valence-electron chi connectivity index (χ3n) is 6.93. The largest absolute Gasteiger partial charge is 0.497 e. The molecule has 1 saturated carbocycles. The molecule has 2 aromatic rings. The molecule has 4 nitrogen and oxygen atoms in total. The van der Waals surface area contributed by atoms with Crippen molar-refractivity contribution in [3.05, 3.63) is 59.2 Å². The van der Waals surface area contributed by atoms with Gasteiger partial charge in [0.05, 0.1) is 19.8 Å². The predicted octanol–water partition coefficient (Wildman–Crippen LogP) is 4.88. The number of methoxy groups -OCH3 is 2. The molecule has 2 fully saturated rings. The Morgan fingerprint density at radius 3 is 2.55 bits per heavy atom. The molecule has 1 N–H and O–H groups in total. The van der Waals surface area contributed by atoms with Crippen LogP contribution >= 0.6 is 0 Å². The van der Waals surface area contributed by atoms with Crippen LogP contribution in [0.2, 0.25) is 0 Å². The van der Waals surface area contributed by atoms with Gasteiger partial charge in [-0.1, -0.05) is 42.7 Å². The molecule has 0 bridgehead atoms. The second-order valence-corrected chi connectivity index (χ2v) is 8.71. The minimum atomic E-state index is -0.583. The van der Waals surface area contributed by atoms with E-state index >= 15 is 0 Å². The van der Waals surface area contributed by atoms with Crippen LogP contribution in [0.1, 0.15) is 54.8 Å². The molecule has 156 valence electrons. The van der Waals surface area contributed by atoms with E-state index in [1.807, 2.05) is 12.1 Å². The quantitative estimate of drug-likeness (QED) is 0.783. The van der Waals surface area contributed by atoms with Gasteiger partial charge in [-0.25, -0.2) is 0 Å². The highest BCUT2D eigenvalue weighted by atomic mass is 16.5. The van der Waals surface area contributed by atoms with Crippen LogP contribution in [0.3, 0.4) is 0 Å². The van der Waals surface area contributed by atoms with Crippen LogP contribution in [-0.2, 0) is 6.54 Å². The summed E-state index contributed by atoms with van der Waals surface area (Å²) in [6.45, 7) is 3.88. The molecule has 0 spiro atoms. The van der Waals surface area contributed by atoms with Crippen LogP contribution in [0.15, 0.2) is 42.5 Å². The number of nitrogens with zero attached hydrogens (tertiary/aromatic N) is 1. The highest BCUT2D eigenvalue weighted by Gasteiger charge is 2.49. The second kappa shape index (κ2) is 8.37. The summed E-state index contributed by atoms with van der Waals surface area (Å²) >= 11 is 0. The summed E-state index contributed by atoms with van der Waals surface area (Å²) < 4.78 is 11.3.